The predicted molar refractivity (Wildman–Crippen MR) is 257 cm³/mol. The number of allylic oxidation sites excluding steroid dienone is 4. The molecule has 5 bridgehead atoms. The number of esters is 1. The highest BCUT2D eigenvalue weighted by Crippen LogP contribution is 2.50. The largest absolute Gasteiger partial charge is 0.508 e. The Morgan fingerprint density at radius 3 is 2.10 bits per heavy atom. The number of aliphatic hydroxyl groups excluding tert-OH is 2. The number of piperidine rings is 1. The van der Waals surface area contributed by atoms with Crippen molar-refractivity contribution in [3.8, 4) is 23.0 Å². The van der Waals surface area contributed by atoms with Gasteiger partial charge < -0.3 is 60.0 Å². The van der Waals surface area contributed by atoms with E-state index in [0.717, 1.165) is 19.6 Å². The van der Waals surface area contributed by atoms with Crippen molar-refractivity contribution in [1.82, 2.24) is 15.5 Å². The molecular weight excluding hydrogens is 889 g/mol. The van der Waals surface area contributed by atoms with Crippen LogP contribution in [-0.2, 0) is 23.8 Å². The van der Waals surface area contributed by atoms with Crippen LogP contribution in [0.25, 0.3) is 0 Å². The lowest BCUT2D eigenvalue weighted by atomic mass is 9.78. The van der Waals surface area contributed by atoms with Crippen LogP contribution in [0.4, 0.5) is 0 Å². The molecule has 0 unspecified atom stereocenters. The van der Waals surface area contributed by atoms with Gasteiger partial charge in [-0.05, 0) is 50.1 Å². The first-order valence-corrected chi connectivity index (χ1v) is 23.5. The van der Waals surface area contributed by atoms with Crippen LogP contribution >= 0.6 is 0 Å². The number of benzene rings is 2. The molecule has 17 heteroatoms. The Kier molecular flexibility index (Phi) is 15.9. The van der Waals surface area contributed by atoms with Crippen molar-refractivity contribution in [3.63, 3.8) is 0 Å². The average molecular weight is 957 g/mol. The first kappa shape index (κ1) is 52.4. The number of aromatic hydroxyl groups is 3. The monoisotopic (exact) mass is 956 g/mol. The van der Waals surface area contributed by atoms with Crippen molar-refractivity contribution in [2.24, 2.45) is 34.6 Å². The van der Waals surface area contributed by atoms with Gasteiger partial charge in [0.1, 0.15) is 40.5 Å². The molecule has 374 valence electrons. The molecule has 1 fully saturated rings. The number of aliphatic imine (C=N–C) groups is 1. The minimum Gasteiger partial charge on any atom is -0.508 e. The lowest BCUT2D eigenvalue weighted by Crippen LogP contribution is -2.50. The summed E-state index contributed by atoms with van der Waals surface area (Å²) in [5, 5.41) is 58.3. The number of ether oxygens (including phenoxy) is 4. The second-order valence-electron chi connectivity index (χ2n) is 19.5. The number of hydrogen-bond donors (Lipinski definition) is 7. The van der Waals surface area contributed by atoms with Crippen molar-refractivity contribution in [3.05, 3.63) is 94.1 Å². The number of fused-ring (bicyclic) bond motifs is 3. The molecule has 7 N–H and O–H groups in total. The Morgan fingerprint density at radius 2 is 1.52 bits per heavy atom. The maximum atomic E-state index is 14.7. The number of likely N-dealkylation sites (tertiary alicyclic amines) is 1. The normalized spacial score (nSPS) is 31.0. The van der Waals surface area contributed by atoms with E-state index in [1.165, 1.54) is 58.4 Å². The van der Waals surface area contributed by atoms with Gasteiger partial charge in [0.05, 0.1) is 47.1 Å². The minimum atomic E-state index is -1.97. The van der Waals surface area contributed by atoms with Crippen LogP contribution in [-0.4, -0.2) is 122 Å². The molecular formula is C52H68N4O13. The summed E-state index contributed by atoms with van der Waals surface area (Å²) < 4.78 is 24.0. The molecule has 17 nitrogen and oxygen atoms in total. The lowest BCUT2D eigenvalue weighted by molar-refractivity contribution is -0.160. The summed E-state index contributed by atoms with van der Waals surface area (Å²) in [6, 6.07) is 5.70. The third-order valence-electron chi connectivity index (χ3n) is 13.8. The van der Waals surface area contributed by atoms with Gasteiger partial charge in [-0.15, -0.1) is 0 Å². The molecule has 2 aromatic carbocycles. The summed E-state index contributed by atoms with van der Waals surface area (Å²) in [6.45, 7) is 19.5. The van der Waals surface area contributed by atoms with Crippen LogP contribution in [0, 0.1) is 36.5 Å². The quantitative estimate of drug-likeness (QED) is 0.143. The first-order chi connectivity index (χ1) is 32.4. The van der Waals surface area contributed by atoms with Crippen molar-refractivity contribution in [2.45, 2.75) is 118 Å². The van der Waals surface area contributed by atoms with Gasteiger partial charge >= 0.3 is 11.8 Å². The molecule has 4 heterocycles. The Bertz CT molecular complexity index is 2450. The molecule has 0 saturated carbocycles. The van der Waals surface area contributed by atoms with Gasteiger partial charge in [0.2, 0.25) is 5.78 Å². The topological polar surface area (TPSA) is 246 Å². The van der Waals surface area contributed by atoms with Crippen molar-refractivity contribution >= 4 is 29.2 Å². The zero-order valence-electron chi connectivity index (χ0n) is 41.3. The van der Waals surface area contributed by atoms with Crippen LogP contribution in [0.5, 0.6) is 23.0 Å². The van der Waals surface area contributed by atoms with E-state index in [9.17, 15) is 34.5 Å². The van der Waals surface area contributed by atoms with E-state index in [1.54, 1.807) is 58.9 Å². The van der Waals surface area contributed by atoms with Crippen molar-refractivity contribution in [2.75, 3.05) is 26.7 Å². The van der Waals surface area contributed by atoms with E-state index < -0.39 is 88.7 Å². The van der Waals surface area contributed by atoms with Crippen LogP contribution in [0.15, 0.2) is 76.8 Å². The molecule has 9 atom stereocenters. The molecule has 0 radical (unpaired) electrons. The second-order valence-corrected chi connectivity index (χ2v) is 19.5. The highest BCUT2D eigenvalue weighted by Gasteiger charge is 2.54. The van der Waals surface area contributed by atoms with E-state index in [2.05, 4.69) is 29.4 Å². The Hall–Kier alpha value is -6.01. The maximum Gasteiger partial charge on any atom is 0.312 e. The van der Waals surface area contributed by atoms with E-state index in [0.29, 0.717) is 18.8 Å². The zero-order valence-corrected chi connectivity index (χ0v) is 41.3. The number of phenols is 3. The third kappa shape index (κ3) is 10.8. The number of phenolic OH excluding ortho intramolecular Hbond substituents is 3. The van der Waals surface area contributed by atoms with Crippen LogP contribution in [0.2, 0.25) is 0 Å². The Labute approximate surface area is 403 Å². The molecule has 1 aliphatic carbocycles. The molecule has 1 saturated heterocycles. The van der Waals surface area contributed by atoms with Gasteiger partial charge in [-0.3, -0.25) is 24.2 Å². The standard InChI is InChI=1S/C46H62N4O11.C6H6O2/c1-22(2)21-50-18-16-46(17-19-50)48-34-31-32-39(54)28(8)42-33(31)43(56)45(10,61-42)59-20-15-30(58-11)25(5)41(60-29(9)51)27(7)38(53)26(6)37(52)23(3)13-12-14-24(4)44(57)47-36(40(32)55)35(34)49-46;7-5-1-2-6(8)4-3-5/h12-15,20,22-23,25-27,30,37-38,41,49,52-54H,16-19,21H2,1-11H3,(H,47,57);1-4,7-8H/b13-12+,20-15+,24-14-;/t23-,25+,26+,27+,30-,37-,38+,41+,45-;/m0./s1. The fraction of sp³-hybridized carbons (Fsp3) is 0.519. The third-order valence-corrected chi connectivity index (χ3v) is 13.8. The first-order valence-electron chi connectivity index (χ1n) is 23.5. The molecule has 69 heavy (non-hydrogen) atoms. The van der Waals surface area contributed by atoms with Gasteiger partial charge in [0, 0.05) is 93.8 Å². The minimum absolute atomic E-state index is 0.0164. The summed E-state index contributed by atoms with van der Waals surface area (Å²) in [5.74, 6) is -6.44. The van der Waals surface area contributed by atoms with Gasteiger partial charge in [0.15, 0.2) is 0 Å². The lowest BCUT2D eigenvalue weighted by Gasteiger charge is -2.38. The number of amides is 1. The van der Waals surface area contributed by atoms with Crippen LogP contribution in [0.1, 0.15) is 107 Å². The number of ketones is 2. The molecule has 1 spiro atoms. The summed E-state index contributed by atoms with van der Waals surface area (Å²) >= 11 is 0. The van der Waals surface area contributed by atoms with Gasteiger partial charge in [-0.2, -0.15) is 0 Å². The summed E-state index contributed by atoms with van der Waals surface area (Å²) in [5.41, 5.74) is -0.192. The van der Waals surface area contributed by atoms with Gasteiger partial charge in [-0.1, -0.05) is 59.8 Å². The SMILES string of the molecule is CO[C@H]1/C=C/O[C@@]2(C)Oc3c(C)c(O)c4c(c3C2=O)C2=NC3(CCN(CC(C)C)CC3)NC2=C(NC(=O)/C(C)=C\C=C\[C@H](C)[C@H](O)[C@@H](C)[C@@H](O)[C@@H](C)[C@H](OC(C)=O)[C@@H]1C)C4=O.Oc1ccc(O)cc1. The molecule has 7 rings (SSSR count). The second kappa shape index (κ2) is 20.9. The van der Waals surface area contributed by atoms with E-state index >= 15 is 0 Å². The number of nitrogens with zero attached hydrogens (tertiary/aromatic N) is 2. The van der Waals surface area contributed by atoms with E-state index in [-0.39, 0.29) is 62.2 Å². The van der Waals surface area contributed by atoms with Gasteiger partial charge in [0.25, 0.3) is 11.7 Å². The van der Waals surface area contributed by atoms with E-state index in [4.69, 9.17) is 34.2 Å². The number of rotatable bonds is 4. The fourth-order valence-electron chi connectivity index (χ4n) is 9.73. The highest BCUT2D eigenvalue weighted by molar-refractivity contribution is 6.34. The number of nitrogens with one attached hydrogen (secondary N) is 2. The van der Waals surface area contributed by atoms with Gasteiger partial charge in [-0.25, -0.2) is 0 Å². The smallest absolute Gasteiger partial charge is 0.312 e. The molecule has 5 aliphatic rings. The molecule has 1 amide bonds. The fourth-order valence-corrected chi connectivity index (χ4v) is 9.73. The number of methoxy groups -OCH3 is 1. The number of Topliss-reactive ketones (excluding diaryl/α,β-unsaturated/α-hetero) is 2. The number of hydrogen-bond acceptors (Lipinski definition) is 16. The van der Waals surface area contributed by atoms with E-state index in [1.807, 2.05) is 0 Å². The summed E-state index contributed by atoms with van der Waals surface area (Å²) in [6.07, 6.45) is 5.06. The number of carbonyl (C=O) groups is 4. The zero-order chi connectivity index (χ0) is 50.9. The highest BCUT2D eigenvalue weighted by atomic mass is 16.7. The summed E-state index contributed by atoms with van der Waals surface area (Å²) in [7, 11) is 1.46. The van der Waals surface area contributed by atoms with Crippen LogP contribution in [0.3, 0.4) is 0 Å². The Morgan fingerprint density at radius 1 is 0.899 bits per heavy atom. The van der Waals surface area contributed by atoms with Crippen molar-refractivity contribution < 1.29 is 63.7 Å². The summed E-state index contributed by atoms with van der Waals surface area (Å²) in [4.78, 5) is 63.3. The molecule has 4 aliphatic heterocycles. The molecule has 2 aromatic rings. The predicted octanol–water partition coefficient (Wildman–Crippen LogP) is 5.71. The van der Waals surface area contributed by atoms with Crippen LogP contribution < -0.4 is 15.4 Å². The Balaban J connectivity index is 0.000000886. The maximum absolute atomic E-state index is 14.7. The average Bonchev–Trinajstić information content (AvgIpc) is 3.80. The number of aliphatic hydroxyl groups is 2. The number of carbonyl (C=O) groups excluding carboxylic acids is 4. The van der Waals surface area contributed by atoms with Crippen molar-refractivity contribution in [1.29, 1.82) is 0 Å². The molecule has 0 aromatic heterocycles.